The molecule has 4 nitrogen and oxygen atoms in total. The van der Waals surface area contributed by atoms with Crippen molar-refractivity contribution in [2.75, 3.05) is 12.4 Å². The summed E-state index contributed by atoms with van der Waals surface area (Å²) in [6.45, 7) is 2.07. The molecule has 1 fully saturated rings. The molecule has 5 heteroatoms. The molecule has 2 atom stereocenters. The number of carbonyl (C=O) groups excluding carboxylic acids is 1. The number of carbonyl (C=O) groups is 1. The lowest BCUT2D eigenvalue weighted by Gasteiger charge is -2.13. The molecule has 0 bridgehead atoms. The third kappa shape index (κ3) is 3.77. The molecule has 0 spiro atoms. The molecular weight excluding hydrogens is 314 g/mol. The summed E-state index contributed by atoms with van der Waals surface area (Å²) in [5, 5.41) is 3.46. The molecule has 120 valence electrons. The zero-order chi connectivity index (χ0) is 16.4. The number of hydrogen-bond acceptors (Lipinski definition) is 3. The van der Waals surface area contributed by atoms with Crippen molar-refractivity contribution in [3.63, 3.8) is 0 Å². The van der Waals surface area contributed by atoms with Crippen LogP contribution in [0.5, 0.6) is 17.2 Å². The highest BCUT2D eigenvalue weighted by Gasteiger charge is 2.39. The molecule has 0 heterocycles. The summed E-state index contributed by atoms with van der Waals surface area (Å²) >= 11 is 6.04. The van der Waals surface area contributed by atoms with Crippen LogP contribution in [0.3, 0.4) is 0 Å². The smallest absolute Gasteiger partial charge is 0.227 e. The Morgan fingerprint density at radius 1 is 1.17 bits per heavy atom. The van der Waals surface area contributed by atoms with Crippen molar-refractivity contribution in [1.82, 2.24) is 0 Å². The van der Waals surface area contributed by atoms with Crippen LogP contribution in [0.25, 0.3) is 0 Å². The zero-order valence-electron chi connectivity index (χ0n) is 13.0. The summed E-state index contributed by atoms with van der Waals surface area (Å²) in [7, 11) is 1.61. The van der Waals surface area contributed by atoms with Crippen LogP contribution < -0.4 is 14.8 Å². The van der Waals surface area contributed by atoms with Crippen LogP contribution in [0.1, 0.15) is 13.3 Å². The average Bonchev–Trinajstić information content (AvgIpc) is 3.28. The standard InChI is InChI=1S/C18H18ClNO3/c1-11-9-15(11)18(21)20-16-10-12(19)3-8-17(16)23-14-6-4-13(22-2)5-7-14/h3-8,10-11,15H,9H2,1-2H3,(H,20,21). The predicted octanol–water partition coefficient (Wildman–Crippen LogP) is 4.74. The van der Waals surface area contributed by atoms with E-state index in [2.05, 4.69) is 12.2 Å². The van der Waals surface area contributed by atoms with Gasteiger partial charge < -0.3 is 14.8 Å². The summed E-state index contributed by atoms with van der Waals surface area (Å²) in [5.41, 5.74) is 0.581. The van der Waals surface area contributed by atoms with Crippen molar-refractivity contribution in [2.24, 2.45) is 11.8 Å². The summed E-state index contributed by atoms with van der Waals surface area (Å²) in [4.78, 5) is 12.2. The number of benzene rings is 2. The van der Waals surface area contributed by atoms with Crippen molar-refractivity contribution in [3.8, 4) is 17.2 Å². The Kier molecular flexibility index (Phi) is 4.44. The average molecular weight is 332 g/mol. The minimum Gasteiger partial charge on any atom is -0.497 e. The third-order valence-electron chi connectivity index (χ3n) is 3.93. The number of anilines is 1. The lowest BCUT2D eigenvalue weighted by molar-refractivity contribution is -0.117. The lowest BCUT2D eigenvalue weighted by atomic mass is 10.2. The number of nitrogens with one attached hydrogen (secondary N) is 1. The van der Waals surface area contributed by atoms with Crippen molar-refractivity contribution < 1.29 is 14.3 Å². The van der Waals surface area contributed by atoms with E-state index in [1.54, 1.807) is 25.3 Å². The molecule has 2 aromatic carbocycles. The van der Waals surface area contributed by atoms with Gasteiger partial charge in [-0.05, 0) is 54.8 Å². The second kappa shape index (κ2) is 6.50. The molecule has 1 saturated carbocycles. The molecule has 2 aromatic rings. The van der Waals surface area contributed by atoms with Crippen molar-refractivity contribution in [2.45, 2.75) is 13.3 Å². The van der Waals surface area contributed by atoms with Gasteiger partial charge in [0.05, 0.1) is 12.8 Å². The van der Waals surface area contributed by atoms with E-state index in [4.69, 9.17) is 21.1 Å². The van der Waals surface area contributed by atoms with E-state index < -0.39 is 0 Å². The molecule has 1 aliphatic rings. The van der Waals surface area contributed by atoms with Crippen LogP contribution in [0.2, 0.25) is 5.02 Å². The number of ether oxygens (including phenoxy) is 2. The second-order valence-electron chi connectivity index (χ2n) is 5.73. The van der Waals surface area contributed by atoms with Gasteiger partial charge in [0.1, 0.15) is 11.5 Å². The monoisotopic (exact) mass is 331 g/mol. The maximum absolute atomic E-state index is 12.2. The summed E-state index contributed by atoms with van der Waals surface area (Å²) < 4.78 is 11.0. The fourth-order valence-corrected chi connectivity index (χ4v) is 2.54. The molecule has 0 aromatic heterocycles. The van der Waals surface area contributed by atoms with Crippen molar-refractivity contribution >= 4 is 23.2 Å². The number of methoxy groups -OCH3 is 1. The maximum Gasteiger partial charge on any atom is 0.227 e. The topological polar surface area (TPSA) is 47.6 Å². The Morgan fingerprint density at radius 2 is 1.83 bits per heavy atom. The Morgan fingerprint density at radius 3 is 2.43 bits per heavy atom. The third-order valence-corrected chi connectivity index (χ3v) is 4.17. The van der Waals surface area contributed by atoms with E-state index in [0.29, 0.717) is 28.1 Å². The molecular formula is C18H18ClNO3. The van der Waals surface area contributed by atoms with Gasteiger partial charge in [0.15, 0.2) is 5.75 Å². The fourth-order valence-electron chi connectivity index (χ4n) is 2.37. The molecule has 1 N–H and O–H groups in total. The van der Waals surface area contributed by atoms with Gasteiger partial charge in [0, 0.05) is 10.9 Å². The van der Waals surface area contributed by atoms with Gasteiger partial charge >= 0.3 is 0 Å². The van der Waals surface area contributed by atoms with Gasteiger partial charge in [-0.1, -0.05) is 18.5 Å². The number of halogens is 1. The number of rotatable bonds is 5. The zero-order valence-corrected chi connectivity index (χ0v) is 13.8. The molecule has 0 saturated heterocycles. The van der Waals surface area contributed by atoms with Crippen LogP contribution in [-0.2, 0) is 4.79 Å². The van der Waals surface area contributed by atoms with Gasteiger partial charge in [0.2, 0.25) is 5.91 Å². The molecule has 0 radical (unpaired) electrons. The Balaban J connectivity index is 1.78. The van der Waals surface area contributed by atoms with E-state index in [9.17, 15) is 4.79 Å². The largest absolute Gasteiger partial charge is 0.497 e. The van der Waals surface area contributed by atoms with Crippen LogP contribution in [-0.4, -0.2) is 13.0 Å². The van der Waals surface area contributed by atoms with Gasteiger partial charge in [-0.2, -0.15) is 0 Å². The van der Waals surface area contributed by atoms with Gasteiger partial charge in [-0.25, -0.2) is 0 Å². The van der Waals surface area contributed by atoms with Gasteiger partial charge in [-0.15, -0.1) is 0 Å². The minimum atomic E-state index is 0.0133. The fraction of sp³-hybridized carbons (Fsp3) is 0.278. The highest BCUT2D eigenvalue weighted by atomic mass is 35.5. The molecule has 1 amide bonds. The van der Waals surface area contributed by atoms with Crippen molar-refractivity contribution in [3.05, 3.63) is 47.5 Å². The first-order valence-electron chi connectivity index (χ1n) is 7.49. The molecule has 0 aliphatic heterocycles. The van der Waals surface area contributed by atoms with E-state index in [-0.39, 0.29) is 11.8 Å². The van der Waals surface area contributed by atoms with Crippen LogP contribution in [0, 0.1) is 11.8 Å². The van der Waals surface area contributed by atoms with E-state index in [1.807, 2.05) is 24.3 Å². The Bertz CT molecular complexity index is 715. The minimum absolute atomic E-state index is 0.0133. The van der Waals surface area contributed by atoms with E-state index in [0.717, 1.165) is 12.2 Å². The number of amides is 1. The summed E-state index contributed by atoms with van der Waals surface area (Å²) in [6.07, 6.45) is 0.932. The Hall–Kier alpha value is -2.20. The van der Waals surface area contributed by atoms with E-state index >= 15 is 0 Å². The normalized spacial score (nSPS) is 19.1. The van der Waals surface area contributed by atoms with Crippen LogP contribution >= 0.6 is 11.6 Å². The second-order valence-corrected chi connectivity index (χ2v) is 6.16. The van der Waals surface area contributed by atoms with Gasteiger partial charge in [0.25, 0.3) is 0 Å². The summed E-state index contributed by atoms with van der Waals surface area (Å²) in [6, 6.07) is 12.4. The highest BCUT2D eigenvalue weighted by Crippen LogP contribution is 2.40. The molecule has 1 aliphatic carbocycles. The highest BCUT2D eigenvalue weighted by molar-refractivity contribution is 6.31. The molecule has 3 rings (SSSR count). The summed E-state index contributed by atoms with van der Waals surface area (Å²) in [5.74, 6) is 2.51. The first kappa shape index (κ1) is 15.7. The SMILES string of the molecule is COc1ccc(Oc2ccc(Cl)cc2NC(=O)C2CC2C)cc1. The lowest BCUT2D eigenvalue weighted by Crippen LogP contribution is -2.15. The Labute approximate surface area is 140 Å². The molecule has 23 heavy (non-hydrogen) atoms. The van der Waals surface area contributed by atoms with E-state index in [1.165, 1.54) is 0 Å². The van der Waals surface area contributed by atoms with Gasteiger partial charge in [-0.3, -0.25) is 4.79 Å². The first-order chi connectivity index (χ1) is 11.1. The van der Waals surface area contributed by atoms with Crippen molar-refractivity contribution in [1.29, 1.82) is 0 Å². The maximum atomic E-state index is 12.2. The first-order valence-corrected chi connectivity index (χ1v) is 7.87. The number of hydrogen-bond donors (Lipinski definition) is 1. The van der Waals surface area contributed by atoms with Crippen LogP contribution in [0.4, 0.5) is 5.69 Å². The quantitative estimate of drug-likeness (QED) is 0.861. The van der Waals surface area contributed by atoms with Crippen LogP contribution in [0.15, 0.2) is 42.5 Å². The predicted molar refractivity (Wildman–Crippen MR) is 90.4 cm³/mol. The molecule has 2 unspecified atom stereocenters.